The number of hydrogen-bond acceptors (Lipinski definition) is 4. The Bertz CT molecular complexity index is 2180. The molecule has 8 aromatic rings. The molecule has 0 aliphatic carbocycles. The van der Waals surface area contributed by atoms with Crippen LogP contribution in [0.15, 0.2) is 182 Å². The first kappa shape index (κ1) is 28.9. The monoisotopic (exact) mass is 614 g/mol. The summed E-state index contributed by atoms with van der Waals surface area (Å²) in [5.41, 5.74) is 11.6. The Kier molecular flexibility index (Phi) is 7.87. The molecule has 0 fully saturated rings. The highest BCUT2D eigenvalue weighted by Gasteiger charge is 2.14. The summed E-state index contributed by atoms with van der Waals surface area (Å²) >= 11 is 0. The van der Waals surface area contributed by atoms with E-state index in [1.807, 2.05) is 30.5 Å². The van der Waals surface area contributed by atoms with E-state index in [0.29, 0.717) is 17.5 Å². The zero-order valence-electron chi connectivity index (χ0n) is 26.1. The van der Waals surface area contributed by atoms with Gasteiger partial charge in [-0.2, -0.15) is 0 Å². The van der Waals surface area contributed by atoms with Crippen LogP contribution in [0.3, 0.4) is 0 Å². The van der Waals surface area contributed by atoms with Crippen LogP contribution in [0, 0.1) is 0 Å². The smallest absolute Gasteiger partial charge is 0.164 e. The van der Waals surface area contributed by atoms with Crippen LogP contribution in [0.25, 0.3) is 78.8 Å². The zero-order chi connectivity index (χ0) is 32.1. The van der Waals surface area contributed by atoms with E-state index in [2.05, 4.69) is 152 Å². The van der Waals surface area contributed by atoms with Gasteiger partial charge in [-0.3, -0.25) is 4.98 Å². The van der Waals surface area contributed by atoms with E-state index in [1.54, 1.807) is 0 Å². The second-order valence-electron chi connectivity index (χ2n) is 11.5. The van der Waals surface area contributed by atoms with Crippen molar-refractivity contribution in [3.8, 4) is 78.8 Å². The third-order valence-corrected chi connectivity index (χ3v) is 8.44. The molecule has 48 heavy (non-hydrogen) atoms. The van der Waals surface area contributed by atoms with Crippen LogP contribution in [0.1, 0.15) is 0 Å². The van der Waals surface area contributed by atoms with Gasteiger partial charge in [0.25, 0.3) is 0 Å². The van der Waals surface area contributed by atoms with Crippen LogP contribution in [-0.2, 0) is 0 Å². The summed E-state index contributed by atoms with van der Waals surface area (Å²) in [7, 11) is 0. The van der Waals surface area contributed by atoms with Crippen molar-refractivity contribution in [2.45, 2.75) is 0 Å². The van der Waals surface area contributed by atoms with Crippen molar-refractivity contribution >= 4 is 0 Å². The first-order valence-electron chi connectivity index (χ1n) is 16.0. The maximum Gasteiger partial charge on any atom is 0.164 e. The summed E-state index contributed by atoms with van der Waals surface area (Å²) in [5.74, 6) is 1.87. The average Bonchev–Trinajstić information content (AvgIpc) is 3.19. The molecule has 0 amide bonds. The van der Waals surface area contributed by atoms with Gasteiger partial charge in [-0.1, -0.05) is 170 Å². The highest BCUT2D eigenvalue weighted by atomic mass is 15.0. The molecule has 4 heteroatoms. The first-order chi connectivity index (χ1) is 23.8. The lowest BCUT2D eigenvalue weighted by Gasteiger charge is -2.11. The van der Waals surface area contributed by atoms with Gasteiger partial charge < -0.3 is 0 Å². The maximum absolute atomic E-state index is 5.00. The van der Waals surface area contributed by atoms with E-state index in [9.17, 15) is 0 Å². The van der Waals surface area contributed by atoms with Crippen molar-refractivity contribution < 1.29 is 0 Å². The van der Waals surface area contributed by atoms with Crippen molar-refractivity contribution in [1.29, 1.82) is 0 Å². The Morgan fingerprint density at radius 1 is 0.250 bits per heavy atom. The molecule has 0 aliphatic heterocycles. The van der Waals surface area contributed by atoms with Crippen LogP contribution >= 0.6 is 0 Å². The number of nitrogens with zero attached hydrogens (tertiary/aromatic N) is 4. The molecule has 0 saturated carbocycles. The lowest BCUT2D eigenvalue weighted by atomic mass is 9.98. The number of rotatable bonds is 7. The van der Waals surface area contributed by atoms with Crippen LogP contribution < -0.4 is 0 Å². The third-order valence-electron chi connectivity index (χ3n) is 8.44. The van der Waals surface area contributed by atoms with Crippen molar-refractivity contribution in [1.82, 2.24) is 19.9 Å². The Balaban J connectivity index is 1.18. The Morgan fingerprint density at radius 2 is 0.583 bits per heavy atom. The maximum atomic E-state index is 5.00. The van der Waals surface area contributed by atoms with Gasteiger partial charge in [0.15, 0.2) is 17.5 Å². The molecular formula is C44H30N4. The minimum absolute atomic E-state index is 0.616. The Labute approximate surface area is 280 Å². The molecule has 6 aromatic carbocycles. The minimum atomic E-state index is 0.616. The van der Waals surface area contributed by atoms with Crippen molar-refractivity contribution in [3.63, 3.8) is 0 Å². The highest BCUT2D eigenvalue weighted by Crippen LogP contribution is 2.32. The lowest BCUT2D eigenvalue weighted by Crippen LogP contribution is -2.00. The molecule has 0 unspecified atom stereocenters. The van der Waals surface area contributed by atoms with E-state index in [1.165, 1.54) is 11.1 Å². The highest BCUT2D eigenvalue weighted by molar-refractivity contribution is 5.81. The van der Waals surface area contributed by atoms with Gasteiger partial charge in [-0.05, 0) is 33.9 Å². The summed E-state index contributed by atoms with van der Waals surface area (Å²) < 4.78 is 0. The Morgan fingerprint density at radius 3 is 1.00 bits per heavy atom. The van der Waals surface area contributed by atoms with Crippen LogP contribution in [0.5, 0.6) is 0 Å². The molecule has 0 bridgehead atoms. The fourth-order valence-corrected chi connectivity index (χ4v) is 5.91. The molecule has 2 aromatic heterocycles. The van der Waals surface area contributed by atoms with Gasteiger partial charge >= 0.3 is 0 Å². The predicted octanol–water partition coefficient (Wildman–Crippen LogP) is 10.9. The lowest BCUT2D eigenvalue weighted by molar-refractivity contribution is 1.07. The van der Waals surface area contributed by atoms with E-state index < -0.39 is 0 Å². The second-order valence-corrected chi connectivity index (χ2v) is 11.5. The number of pyridine rings is 1. The molecule has 226 valence electrons. The zero-order valence-corrected chi connectivity index (χ0v) is 26.1. The molecule has 8 rings (SSSR count). The van der Waals surface area contributed by atoms with Crippen molar-refractivity contribution in [2.75, 3.05) is 0 Å². The Hall–Kier alpha value is -6.52. The molecule has 0 spiro atoms. The topological polar surface area (TPSA) is 51.6 Å². The summed E-state index contributed by atoms with van der Waals surface area (Å²) in [5, 5.41) is 0. The SMILES string of the molecule is c1ccc(-c2ccc(-c3nc(-c4ccc(-c5ccccc5)cc4)nc(-c4ccc(-c5ncccc5-c5ccccc5)cc4)n3)cc2)cc1. The fraction of sp³-hybridized carbons (Fsp3) is 0. The quantitative estimate of drug-likeness (QED) is 0.179. The average molecular weight is 615 g/mol. The van der Waals surface area contributed by atoms with Gasteiger partial charge in [-0.25, -0.2) is 15.0 Å². The molecule has 0 saturated heterocycles. The number of aromatic nitrogens is 4. The normalized spacial score (nSPS) is 10.9. The van der Waals surface area contributed by atoms with Crippen molar-refractivity contribution in [3.05, 3.63) is 182 Å². The third kappa shape index (κ3) is 6.03. The molecule has 0 aliphatic rings. The van der Waals surface area contributed by atoms with E-state index in [0.717, 1.165) is 50.2 Å². The van der Waals surface area contributed by atoms with E-state index in [-0.39, 0.29) is 0 Å². The number of benzene rings is 6. The largest absolute Gasteiger partial charge is 0.256 e. The molecule has 2 heterocycles. The van der Waals surface area contributed by atoms with Gasteiger partial charge in [0, 0.05) is 34.0 Å². The summed E-state index contributed by atoms with van der Waals surface area (Å²) in [6.45, 7) is 0. The summed E-state index contributed by atoms with van der Waals surface area (Å²) in [6.07, 6.45) is 1.84. The van der Waals surface area contributed by atoms with Crippen LogP contribution in [0.2, 0.25) is 0 Å². The summed E-state index contributed by atoms with van der Waals surface area (Å²) in [6, 6.07) is 60.3. The van der Waals surface area contributed by atoms with Gasteiger partial charge in [0.2, 0.25) is 0 Å². The predicted molar refractivity (Wildman–Crippen MR) is 196 cm³/mol. The first-order valence-corrected chi connectivity index (χ1v) is 16.0. The minimum Gasteiger partial charge on any atom is -0.256 e. The summed E-state index contributed by atoms with van der Waals surface area (Å²) in [4.78, 5) is 19.7. The number of hydrogen-bond donors (Lipinski definition) is 0. The van der Waals surface area contributed by atoms with E-state index >= 15 is 0 Å². The van der Waals surface area contributed by atoms with Gasteiger partial charge in [0.1, 0.15) is 0 Å². The molecule has 0 N–H and O–H groups in total. The standard InChI is InChI=1S/C44H30N4/c1-4-11-31(12-5-1)33-18-24-37(25-19-33)42-46-43(38-26-20-34(21-27-38)32-13-6-2-7-14-32)48-44(47-42)39-28-22-36(23-29-39)41-40(17-10-30-45-41)35-15-8-3-9-16-35/h1-30H. The van der Waals surface area contributed by atoms with Crippen LogP contribution in [0.4, 0.5) is 0 Å². The molecule has 4 nitrogen and oxygen atoms in total. The van der Waals surface area contributed by atoms with E-state index in [4.69, 9.17) is 19.9 Å². The van der Waals surface area contributed by atoms with Crippen molar-refractivity contribution in [2.24, 2.45) is 0 Å². The molecule has 0 radical (unpaired) electrons. The van der Waals surface area contributed by atoms with Gasteiger partial charge in [-0.15, -0.1) is 0 Å². The molecular weight excluding hydrogens is 585 g/mol. The van der Waals surface area contributed by atoms with Crippen LogP contribution in [-0.4, -0.2) is 19.9 Å². The van der Waals surface area contributed by atoms with Gasteiger partial charge in [0.05, 0.1) is 5.69 Å². The fourth-order valence-electron chi connectivity index (χ4n) is 5.91. The molecule has 0 atom stereocenters. The second kappa shape index (κ2) is 13.1.